The van der Waals surface area contributed by atoms with Gasteiger partial charge in [-0.05, 0) is 38.1 Å². The van der Waals surface area contributed by atoms with E-state index < -0.39 is 0 Å². The summed E-state index contributed by atoms with van der Waals surface area (Å²) in [5, 5.41) is 3.54. The van der Waals surface area contributed by atoms with Crippen molar-refractivity contribution in [1.82, 2.24) is 5.32 Å². The van der Waals surface area contributed by atoms with E-state index in [-0.39, 0.29) is 0 Å². The van der Waals surface area contributed by atoms with Crippen LogP contribution in [0, 0.1) is 5.92 Å². The average Bonchev–Trinajstić information content (AvgIpc) is 2.29. The van der Waals surface area contributed by atoms with Gasteiger partial charge < -0.3 is 10.1 Å². The van der Waals surface area contributed by atoms with E-state index in [0.29, 0.717) is 12.1 Å². The maximum absolute atomic E-state index is 6.04. The predicted molar refractivity (Wildman–Crippen MR) is 69.7 cm³/mol. The molecule has 0 aromatic rings. The Hall–Kier alpha value is -0.0800. The second-order valence-corrected chi connectivity index (χ2v) is 5.29. The Bertz CT molecular complexity index is 172. The van der Waals surface area contributed by atoms with Crippen molar-refractivity contribution in [2.24, 2.45) is 5.92 Å². The minimum atomic E-state index is 0.529. The molecule has 0 aromatic heterocycles. The summed E-state index contributed by atoms with van der Waals surface area (Å²) < 4.78 is 6.04. The Morgan fingerprint density at radius 2 is 2.12 bits per heavy atom. The monoisotopic (exact) mass is 227 g/mol. The van der Waals surface area contributed by atoms with Crippen LogP contribution in [0.2, 0.25) is 0 Å². The zero-order valence-corrected chi connectivity index (χ0v) is 11.3. The molecule has 0 bridgehead atoms. The van der Waals surface area contributed by atoms with Crippen molar-refractivity contribution in [2.75, 3.05) is 13.2 Å². The summed E-state index contributed by atoms with van der Waals surface area (Å²) in [6.45, 7) is 8.81. The summed E-state index contributed by atoms with van der Waals surface area (Å²) in [6.07, 6.45) is 8.19. The molecule has 0 spiro atoms. The lowest BCUT2D eigenvalue weighted by atomic mass is 9.89. The third kappa shape index (κ3) is 5.31. The van der Waals surface area contributed by atoms with Crippen LogP contribution in [-0.4, -0.2) is 25.3 Å². The lowest BCUT2D eigenvalue weighted by molar-refractivity contribution is 0.00391. The van der Waals surface area contributed by atoms with E-state index in [0.717, 1.165) is 19.1 Å². The maximum atomic E-state index is 6.04. The smallest absolute Gasteiger partial charge is 0.0623 e. The topological polar surface area (TPSA) is 21.3 Å². The third-order valence-corrected chi connectivity index (χ3v) is 3.60. The molecule has 1 rings (SSSR count). The Morgan fingerprint density at radius 3 is 2.75 bits per heavy atom. The molecule has 0 aromatic carbocycles. The molecule has 3 atom stereocenters. The molecule has 1 aliphatic rings. The van der Waals surface area contributed by atoms with Gasteiger partial charge in [0.15, 0.2) is 0 Å². The number of ether oxygens (including phenoxy) is 1. The molecule has 2 heteroatoms. The zero-order chi connectivity index (χ0) is 11.8. The molecule has 1 saturated carbocycles. The molecule has 0 heterocycles. The van der Waals surface area contributed by atoms with Crippen molar-refractivity contribution in [3.8, 4) is 0 Å². The fourth-order valence-corrected chi connectivity index (χ4v) is 2.45. The molecule has 1 fully saturated rings. The first-order valence-electron chi connectivity index (χ1n) is 7.11. The predicted octanol–water partition coefficient (Wildman–Crippen LogP) is 3.36. The lowest BCUT2D eigenvalue weighted by Gasteiger charge is -2.28. The van der Waals surface area contributed by atoms with Gasteiger partial charge in [-0.2, -0.15) is 0 Å². The van der Waals surface area contributed by atoms with Crippen molar-refractivity contribution >= 4 is 0 Å². The molecule has 3 unspecified atom stereocenters. The average molecular weight is 227 g/mol. The van der Waals surface area contributed by atoms with Crippen molar-refractivity contribution in [1.29, 1.82) is 0 Å². The molecule has 96 valence electrons. The molecule has 2 nitrogen and oxygen atoms in total. The van der Waals surface area contributed by atoms with E-state index in [1.165, 1.54) is 38.5 Å². The van der Waals surface area contributed by atoms with Crippen molar-refractivity contribution in [2.45, 2.75) is 71.4 Å². The number of rotatable bonds is 7. The van der Waals surface area contributed by atoms with E-state index in [9.17, 15) is 0 Å². The molecule has 0 saturated heterocycles. The van der Waals surface area contributed by atoms with Crippen LogP contribution >= 0.6 is 0 Å². The standard InChI is InChI=1S/C14H29NO/c1-4-9-15-13(5-2)11-16-14-8-6-7-12(3)10-14/h12-15H,4-11H2,1-3H3. The van der Waals surface area contributed by atoms with E-state index >= 15 is 0 Å². The van der Waals surface area contributed by atoms with Crippen LogP contribution in [0.1, 0.15) is 59.3 Å². The highest BCUT2D eigenvalue weighted by atomic mass is 16.5. The normalized spacial score (nSPS) is 27.9. The molecule has 16 heavy (non-hydrogen) atoms. The highest BCUT2D eigenvalue weighted by Crippen LogP contribution is 2.25. The fourth-order valence-electron chi connectivity index (χ4n) is 2.45. The Labute approximate surface area is 101 Å². The largest absolute Gasteiger partial charge is 0.377 e. The van der Waals surface area contributed by atoms with Gasteiger partial charge >= 0.3 is 0 Å². The van der Waals surface area contributed by atoms with Gasteiger partial charge in [0.1, 0.15) is 0 Å². The van der Waals surface area contributed by atoms with E-state index in [4.69, 9.17) is 4.74 Å². The quantitative estimate of drug-likeness (QED) is 0.720. The van der Waals surface area contributed by atoms with Crippen LogP contribution < -0.4 is 5.32 Å². The van der Waals surface area contributed by atoms with Crippen LogP contribution in [0.3, 0.4) is 0 Å². The van der Waals surface area contributed by atoms with Gasteiger partial charge in [0.05, 0.1) is 12.7 Å². The summed E-state index contributed by atoms with van der Waals surface area (Å²) in [6, 6.07) is 0.553. The van der Waals surface area contributed by atoms with E-state index in [1.54, 1.807) is 0 Å². The van der Waals surface area contributed by atoms with E-state index in [2.05, 4.69) is 26.1 Å². The molecule has 0 amide bonds. The van der Waals surface area contributed by atoms with Gasteiger partial charge in [-0.3, -0.25) is 0 Å². The van der Waals surface area contributed by atoms with Gasteiger partial charge in [-0.1, -0.05) is 33.6 Å². The molecule has 0 aliphatic heterocycles. The van der Waals surface area contributed by atoms with Gasteiger partial charge in [-0.25, -0.2) is 0 Å². The first-order chi connectivity index (χ1) is 7.76. The highest BCUT2D eigenvalue weighted by molar-refractivity contribution is 4.72. The van der Waals surface area contributed by atoms with Gasteiger partial charge in [0.25, 0.3) is 0 Å². The Morgan fingerprint density at radius 1 is 1.31 bits per heavy atom. The highest BCUT2D eigenvalue weighted by Gasteiger charge is 2.20. The number of hydrogen-bond donors (Lipinski definition) is 1. The summed E-state index contributed by atoms with van der Waals surface area (Å²) >= 11 is 0. The fraction of sp³-hybridized carbons (Fsp3) is 1.00. The van der Waals surface area contributed by atoms with Gasteiger partial charge in [0.2, 0.25) is 0 Å². The first-order valence-corrected chi connectivity index (χ1v) is 7.11. The number of hydrogen-bond acceptors (Lipinski definition) is 2. The van der Waals surface area contributed by atoms with Crippen LogP contribution in [0.4, 0.5) is 0 Å². The second kappa shape index (κ2) is 8.08. The SMILES string of the molecule is CCCNC(CC)COC1CCCC(C)C1. The minimum absolute atomic E-state index is 0.529. The Balaban J connectivity index is 2.15. The van der Waals surface area contributed by atoms with Crippen LogP contribution in [0.5, 0.6) is 0 Å². The molecule has 1 N–H and O–H groups in total. The van der Waals surface area contributed by atoms with Crippen LogP contribution in [0.15, 0.2) is 0 Å². The lowest BCUT2D eigenvalue weighted by Crippen LogP contribution is -2.35. The van der Waals surface area contributed by atoms with Crippen molar-refractivity contribution in [3.63, 3.8) is 0 Å². The number of nitrogens with one attached hydrogen (secondary N) is 1. The maximum Gasteiger partial charge on any atom is 0.0623 e. The molecular formula is C14H29NO. The molecule has 1 aliphatic carbocycles. The summed E-state index contributed by atoms with van der Waals surface area (Å²) in [5.41, 5.74) is 0. The Kier molecular flexibility index (Phi) is 7.06. The van der Waals surface area contributed by atoms with Gasteiger partial charge in [0, 0.05) is 6.04 Å². The van der Waals surface area contributed by atoms with E-state index in [1.807, 2.05) is 0 Å². The van der Waals surface area contributed by atoms with Crippen molar-refractivity contribution < 1.29 is 4.74 Å². The zero-order valence-electron chi connectivity index (χ0n) is 11.3. The minimum Gasteiger partial charge on any atom is -0.377 e. The van der Waals surface area contributed by atoms with Crippen molar-refractivity contribution in [3.05, 3.63) is 0 Å². The van der Waals surface area contributed by atoms with Crippen LogP contribution in [-0.2, 0) is 4.74 Å². The summed E-state index contributed by atoms with van der Waals surface area (Å²) in [5.74, 6) is 0.863. The van der Waals surface area contributed by atoms with Crippen LogP contribution in [0.25, 0.3) is 0 Å². The summed E-state index contributed by atoms with van der Waals surface area (Å²) in [4.78, 5) is 0. The third-order valence-electron chi connectivity index (χ3n) is 3.60. The second-order valence-electron chi connectivity index (χ2n) is 5.29. The summed E-state index contributed by atoms with van der Waals surface area (Å²) in [7, 11) is 0. The molecular weight excluding hydrogens is 198 g/mol. The first kappa shape index (κ1) is 14.0. The molecule has 0 radical (unpaired) electrons. The van der Waals surface area contributed by atoms with Gasteiger partial charge in [-0.15, -0.1) is 0 Å².